The molecule has 0 unspecified atom stereocenters. The maximum atomic E-state index is 13.7. The number of hydrogen-bond donors (Lipinski definition) is 1. The lowest BCUT2D eigenvalue weighted by atomic mass is 10.2. The van der Waals surface area contributed by atoms with Gasteiger partial charge in [0, 0.05) is 6.07 Å². The summed E-state index contributed by atoms with van der Waals surface area (Å²) < 4.78 is 75.8. The Labute approximate surface area is 141 Å². The predicted octanol–water partition coefficient (Wildman–Crippen LogP) is 2.70. The fourth-order valence-corrected chi connectivity index (χ4v) is 3.08. The lowest BCUT2D eigenvalue weighted by Gasteiger charge is -2.12. The van der Waals surface area contributed by atoms with Crippen molar-refractivity contribution in [2.45, 2.75) is 4.90 Å². The number of esters is 1. The second-order valence-corrected chi connectivity index (χ2v) is 6.34. The summed E-state index contributed by atoms with van der Waals surface area (Å²) in [6.45, 7) is 0. The quantitative estimate of drug-likeness (QED) is 0.642. The Kier molecular flexibility index (Phi) is 5.21. The molecule has 0 aliphatic heterocycles. The van der Waals surface area contributed by atoms with Crippen LogP contribution in [0.1, 0.15) is 10.4 Å². The summed E-state index contributed by atoms with van der Waals surface area (Å²) in [5.41, 5.74) is -0.0550. The first-order chi connectivity index (χ1) is 11.7. The average Bonchev–Trinajstić information content (AvgIpc) is 2.58. The number of halogens is 3. The van der Waals surface area contributed by atoms with Gasteiger partial charge >= 0.3 is 5.97 Å². The van der Waals surface area contributed by atoms with Gasteiger partial charge in [-0.05, 0) is 24.3 Å². The van der Waals surface area contributed by atoms with Gasteiger partial charge in [-0.3, -0.25) is 4.72 Å². The van der Waals surface area contributed by atoms with Crippen LogP contribution in [0.25, 0.3) is 0 Å². The first-order valence-electron chi connectivity index (χ1n) is 6.64. The van der Waals surface area contributed by atoms with Crippen LogP contribution in [0.15, 0.2) is 35.2 Å². The van der Waals surface area contributed by atoms with Crippen molar-refractivity contribution in [1.82, 2.24) is 0 Å². The van der Waals surface area contributed by atoms with Gasteiger partial charge in [0.15, 0.2) is 17.5 Å². The highest BCUT2D eigenvalue weighted by Gasteiger charge is 2.24. The molecule has 0 saturated heterocycles. The summed E-state index contributed by atoms with van der Waals surface area (Å²) in [6.07, 6.45) is 0. The zero-order valence-corrected chi connectivity index (χ0v) is 13.8. The molecule has 134 valence electrons. The zero-order valence-electron chi connectivity index (χ0n) is 13.0. The lowest BCUT2D eigenvalue weighted by molar-refractivity contribution is 0.0597. The highest BCUT2D eigenvalue weighted by molar-refractivity contribution is 7.92. The molecule has 0 aliphatic carbocycles. The summed E-state index contributed by atoms with van der Waals surface area (Å²) in [6, 6.07) is 4.67. The Hall–Kier alpha value is -2.75. The van der Waals surface area contributed by atoms with Crippen LogP contribution in [-0.2, 0) is 14.8 Å². The Morgan fingerprint density at radius 1 is 1.04 bits per heavy atom. The van der Waals surface area contributed by atoms with Gasteiger partial charge in [-0.2, -0.15) is 0 Å². The van der Waals surface area contributed by atoms with Gasteiger partial charge < -0.3 is 9.47 Å². The van der Waals surface area contributed by atoms with Crippen molar-refractivity contribution in [1.29, 1.82) is 0 Å². The van der Waals surface area contributed by atoms with Crippen LogP contribution in [0.5, 0.6) is 5.75 Å². The van der Waals surface area contributed by atoms with Crippen molar-refractivity contribution in [2.75, 3.05) is 18.9 Å². The van der Waals surface area contributed by atoms with E-state index >= 15 is 0 Å². The third-order valence-electron chi connectivity index (χ3n) is 3.15. The molecule has 2 aromatic carbocycles. The number of hydrogen-bond acceptors (Lipinski definition) is 5. The molecule has 25 heavy (non-hydrogen) atoms. The van der Waals surface area contributed by atoms with Crippen LogP contribution >= 0.6 is 0 Å². The van der Waals surface area contributed by atoms with Gasteiger partial charge in [0.05, 0.1) is 19.9 Å². The number of sulfonamides is 1. The molecule has 0 atom stereocenters. The third kappa shape index (κ3) is 3.68. The van der Waals surface area contributed by atoms with E-state index in [0.717, 1.165) is 13.2 Å². The fourth-order valence-electron chi connectivity index (χ4n) is 1.96. The second kappa shape index (κ2) is 7.01. The summed E-state index contributed by atoms with van der Waals surface area (Å²) in [5, 5.41) is 0. The molecular weight excluding hydrogens is 363 g/mol. The van der Waals surface area contributed by atoms with E-state index in [-0.39, 0.29) is 17.0 Å². The first-order valence-corrected chi connectivity index (χ1v) is 8.12. The van der Waals surface area contributed by atoms with Gasteiger partial charge in [-0.1, -0.05) is 0 Å². The van der Waals surface area contributed by atoms with Crippen molar-refractivity contribution >= 4 is 21.7 Å². The van der Waals surface area contributed by atoms with Gasteiger partial charge in [-0.15, -0.1) is 0 Å². The number of carbonyl (C=O) groups excluding carboxylic acids is 1. The van der Waals surface area contributed by atoms with Gasteiger partial charge in [-0.25, -0.2) is 26.4 Å². The molecule has 0 bridgehead atoms. The first kappa shape index (κ1) is 18.6. The van der Waals surface area contributed by atoms with E-state index in [2.05, 4.69) is 4.74 Å². The van der Waals surface area contributed by atoms with Crippen LogP contribution in [0.3, 0.4) is 0 Å². The standard InChI is InChI=1S/C15H12F3NO5S/c1-23-11-7-8(3-4-9(11)15(20)24-2)19-25(21,22)12-6-5-10(16)13(17)14(12)18/h3-7,19H,1-2H3. The molecule has 0 fully saturated rings. The smallest absolute Gasteiger partial charge is 0.341 e. The van der Waals surface area contributed by atoms with Crippen molar-refractivity contribution in [3.05, 3.63) is 53.3 Å². The largest absolute Gasteiger partial charge is 0.496 e. The Morgan fingerprint density at radius 2 is 1.72 bits per heavy atom. The fraction of sp³-hybridized carbons (Fsp3) is 0.133. The molecule has 2 rings (SSSR count). The maximum Gasteiger partial charge on any atom is 0.341 e. The molecule has 0 saturated carbocycles. The molecule has 0 aliphatic rings. The van der Waals surface area contributed by atoms with E-state index in [1.807, 2.05) is 4.72 Å². The van der Waals surface area contributed by atoms with Crippen molar-refractivity contribution < 1.29 is 35.9 Å². The minimum absolute atomic E-state index is 0.00203. The summed E-state index contributed by atoms with van der Waals surface area (Å²) in [5.74, 6) is -5.97. The van der Waals surface area contributed by atoms with Crippen molar-refractivity contribution in [3.8, 4) is 5.75 Å². The molecule has 0 heterocycles. The van der Waals surface area contributed by atoms with E-state index in [1.165, 1.54) is 19.2 Å². The SMILES string of the molecule is COC(=O)c1ccc(NS(=O)(=O)c2ccc(F)c(F)c2F)cc1OC. The molecule has 0 spiro atoms. The minimum Gasteiger partial charge on any atom is -0.496 e. The molecule has 2 aromatic rings. The van der Waals surface area contributed by atoms with E-state index in [9.17, 15) is 26.4 Å². The number of benzene rings is 2. The lowest BCUT2D eigenvalue weighted by Crippen LogP contribution is -2.16. The summed E-state index contributed by atoms with van der Waals surface area (Å²) in [7, 11) is -2.15. The Morgan fingerprint density at radius 3 is 2.32 bits per heavy atom. The molecular formula is C15H12F3NO5S. The van der Waals surface area contributed by atoms with E-state index in [1.54, 1.807) is 0 Å². The van der Waals surface area contributed by atoms with Crippen LogP contribution in [0.4, 0.5) is 18.9 Å². The van der Waals surface area contributed by atoms with Crippen molar-refractivity contribution in [3.63, 3.8) is 0 Å². The Bertz CT molecular complexity index is 931. The van der Waals surface area contributed by atoms with Crippen LogP contribution in [0.2, 0.25) is 0 Å². The molecule has 10 heteroatoms. The van der Waals surface area contributed by atoms with Gasteiger partial charge in [0.25, 0.3) is 10.0 Å². The van der Waals surface area contributed by atoms with Crippen LogP contribution in [0, 0.1) is 17.5 Å². The third-order valence-corrected chi connectivity index (χ3v) is 4.55. The predicted molar refractivity (Wildman–Crippen MR) is 81.5 cm³/mol. The number of anilines is 1. The summed E-state index contributed by atoms with van der Waals surface area (Å²) in [4.78, 5) is 10.5. The maximum absolute atomic E-state index is 13.7. The monoisotopic (exact) mass is 375 g/mol. The number of nitrogens with one attached hydrogen (secondary N) is 1. The zero-order chi connectivity index (χ0) is 18.8. The topological polar surface area (TPSA) is 81.7 Å². The molecule has 0 radical (unpaired) electrons. The number of rotatable bonds is 5. The normalized spacial score (nSPS) is 11.1. The van der Waals surface area contributed by atoms with Crippen LogP contribution in [-0.4, -0.2) is 28.6 Å². The molecule has 1 N–H and O–H groups in total. The van der Waals surface area contributed by atoms with Gasteiger partial charge in [0.1, 0.15) is 16.2 Å². The van der Waals surface area contributed by atoms with Gasteiger partial charge in [0.2, 0.25) is 0 Å². The molecule has 0 amide bonds. The number of carbonyl (C=O) groups is 1. The van der Waals surface area contributed by atoms with Crippen LogP contribution < -0.4 is 9.46 Å². The molecule has 0 aromatic heterocycles. The number of ether oxygens (including phenoxy) is 2. The van der Waals surface area contributed by atoms with E-state index in [4.69, 9.17) is 4.74 Å². The highest BCUT2D eigenvalue weighted by Crippen LogP contribution is 2.27. The minimum atomic E-state index is -4.55. The van der Waals surface area contributed by atoms with E-state index in [0.29, 0.717) is 12.1 Å². The highest BCUT2D eigenvalue weighted by atomic mass is 32.2. The average molecular weight is 375 g/mol. The van der Waals surface area contributed by atoms with E-state index < -0.39 is 38.3 Å². The van der Waals surface area contributed by atoms with Crippen molar-refractivity contribution in [2.24, 2.45) is 0 Å². The molecule has 6 nitrogen and oxygen atoms in total. The number of methoxy groups -OCH3 is 2. The summed E-state index contributed by atoms with van der Waals surface area (Å²) >= 11 is 0. The Balaban J connectivity index is 2.42. The second-order valence-electron chi connectivity index (χ2n) is 4.69.